The lowest BCUT2D eigenvalue weighted by atomic mass is 10.0. The van der Waals surface area contributed by atoms with Crippen molar-refractivity contribution in [1.82, 2.24) is 5.32 Å². The maximum atomic E-state index is 14.0. The second-order valence-electron chi connectivity index (χ2n) is 4.26. The summed E-state index contributed by atoms with van der Waals surface area (Å²) in [7, 11) is 0. The highest BCUT2D eigenvalue weighted by molar-refractivity contribution is 5.55. The van der Waals surface area contributed by atoms with E-state index in [9.17, 15) is 4.39 Å². The molecule has 102 valence electrons. The molecule has 4 heteroatoms. The second kappa shape index (κ2) is 7.34. The Bertz CT molecular complexity index is 371. The number of benzene rings is 1. The van der Waals surface area contributed by atoms with Crippen molar-refractivity contribution in [2.24, 2.45) is 0 Å². The molecule has 0 saturated heterocycles. The summed E-state index contributed by atoms with van der Waals surface area (Å²) in [6, 6.07) is 5.07. The van der Waals surface area contributed by atoms with Crippen LogP contribution in [0.1, 0.15) is 32.4 Å². The average Bonchev–Trinajstić information content (AvgIpc) is 2.35. The molecule has 1 unspecified atom stereocenters. The van der Waals surface area contributed by atoms with Crippen molar-refractivity contribution in [1.29, 1.82) is 0 Å². The van der Waals surface area contributed by atoms with Crippen LogP contribution < -0.4 is 10.2 Å². The minimum Gasteiger partial charge on any atom is -0.395 e. The molecule has 1 aromatic rings. The molecule has 0 fully saturated rings. The number of nitrogens with one attached hydrogen (secondary N) is 1. The van der Waals surface area contributed by atoms with E-state index in [2.05, 4.69) is 5.32 Å². The molecule has 3 nitrogen and oxygen atoms in total. The third-order valence-corrected chi connectivity index (χ3v) is 3.07. The number of anilines is 1. The van der Waals surface area contributed by atoms with E-state index in [0.717, 1.165) is 18.8 Å². The number of aliphatic hydroxyl groups is 1. The Kier molecular flexibility index (Phi) is 6.09. The first kappa shape index (κ1) is 14.9. The summed E-state index contributed by atoms with van der Waals surface area (Å²) >= 11 is 0. The topological polar surface area (TPSA) is 35.5 Å². The fourth-order valence-corrected chi connectivity index (χ4v) is 2.21. The van der Waals surface area contributed by atoms with E-state index >= 15 is 0 Å². The van der Waals surface area contributed by atoms with E-state index in [1.54, 1.807) is 6.07 Å². The van der Waals surface area contributed by atoms with Crippen molar-refractivity contribution in [3.8, 4) is 0 Å². The van der Waals surface area contributed by atoms with Gasteiger partial charge in [-0.3, -0.25) is 0 Å². The van der Waals surface area contributed by atoms with Crippen LogP contribution in [0.5, 0.6) is 0 Å². The van der Waals surface area contributed by atoms with Gasteiger partial charge in [0.2, 0.25) is 0 Å². The van der Waals surface area contributed by atoms with Gasteiger partial charge in [-0.25, -0.2) is 4.39 Å². The zero-order valence-corrected chi connectivity index (χ0v) is 11.4. The molecular weight excluding hydrogens is 231 g/mol. The Hall–Kier alpha value is -1.13. The molecule has 1 aromatic carbocycles. The number of hydrogen-bond acceptors (Lipinski definition) is 3. The fourth-order valence-electron chi connectivity index (χ4n) is 2.21. The lowest BCUT2D eigenvalue weighted by Gasteiger charge is -2.27. The van der Waals surface area contributed by atoms with E-state index in [-0.39, 0.29) is 18.5 Å². The van der Waals surface area contributed by atoms with Gasteiger partial charge < -0.3 is 15.3 Å². The molecule has 18 heavy (non-hydrogen) atoms. The van der Waals surface area contributed by atoms with Crippen molar-refractivity contribution < 1.29 is 9.50 Å². The van der Waals surface area contributed by atoms with Crippen LogP contribution in [0.3, 0.4) is 0 Å². The number of nitrogens with zero attached hydrogens (tertiary/aromatic N) is 1. The van der Waals surface area contributed by atoms with Crippen molar-refractivity contribution in [3.05, 3.63) is 29.6 Å². The van der Waals surface area contributed by atoms with Gasteiger partial charge in [0.15, 0.2) is 0 Å². The molecule has 0 radical (unpaired) electrons. The minimum atomic E-state index is -0.197. The van der Waals surface area contributed by atoms with Crippen molar-refractivity contribution in [2.45, 2.75) is 26.8 Å². The first-order valence-corrected chi connectivity index (χ1v) is 6.53. The van der Waals surface area contributed by atoms with E-state index in [1.165, 1.54) is 6.07 Å². The monoisotopic (exact) mass is 254 g/mol. The molecule has 0 aliphatic rings. The fraction of sp³-hybridized carbons (Fsp3) is 0.571. The lowest BCUT2D eigenvalue weighted by molar-refractivity contribution is 0.302. The van der Waals surface area contributed by atoms with Crippen LogP contribution >= 0.6 is 0 Å². The van der Waals surface area contributed by atoms with Gasteiger partial charge in [0.1, 0.15) is 5.82 Å². The Morgan fingerprint density at radius 3 is 2.67 bits per heavy atom. The SMILES string of the molecule is CCNC(C)c1c(F)cccc1N(CC)CCO. The maximum Gasteiger partial charge on any atom is 0.130 e. The summed E-state index contributed by atoms with van der Waals surface area (Å²) in [5.41, 5.74) is 1.54. The third-order valence-electron chi connectivity index (χ3n) is 3.07. The molecule has 0 aliphatic heterocycles. The Balaban J connectivity index is 3.13. The first-order chi connectivity index (χ1) is 8.65. The largest absolute Gasteiger partial charge is 0.395 e. The summed E-state index contributed by atoms with van der Waals surface area (Å²) in [4.78, 5) is 1.99. The van der Waals surface area contributed by atoms with Crippen molar-refractivity contribution in [2.75, 3.05) is 31.1 Å². The van der Waals surface area contributed by atoms with Gasteiger partial charge >= 0.3 is 0 Å². The van der Waals surface area contributed by atoms with Gasteiger partial charge in [-0.15, -0.1) is 0 Å². The number of aliphatic hydroxyl groups excluding tert-OH is 1. The molecule has 0 aliphatic carbocycles. The normalized spacial score (nSPS) is 12.5. The Morgan fingerprint density at radius 2 is 2.11 bits per heavy atom. The zero-order chi connectivity index (χ0) is 13.5. The molecule has 0 aromatic heterocycles. The van der Waals surface area contributed by atoms with Crippen LogP contribution in [-0.2, 0) is 0 Å². The number of rotatable bonds is 7. The summed E-state index contributed by atoms with van der Waals surface area (Å²) in [5.74, 6) is -0.197. The van der Waals surface area contributed by atoms with Crippen LogP contribution in [-0.4, -0.2) is 31.3 Å². The predicted molar refractivity (Wildman–Crippen MR) is 73.5 cm³/mol. The van der Waals surface area contributed by atoms with Crippen LogP contribution in [0.2, 0.25) is 0 Å². The predicted octanol–water partition coefficient (Wildman–Crippen LogP) is 2.31. The molecule has 1 atom stereocenters. The summed E-state index contributed by atoms with van der Waals surface area (Å²) in [6.45, 7) is 8.09. The van der Waals surface area contributed by atoms with Crippen LogP contribution in [0.4, 0.5) is 10.1 Å². The van der Waals surface area contributed by atoms with Gasteiger partial charge in [-0.1, -0.05) is 13.0 Å². The standard InChI is InChI=1S/C14H23FN2O/c1-4-16-11(3)14-12(15)7-6-8-13(14)17(5-2)9-10-18/h6-8,11,16,18H,4-5,9-10H2,1-3H3. The molecule has 2 N–H and O–H groups in total. The van der Waals surface area contributed by atoms with Crippen molar-refractivity contribution in [3.63, 3.8) is 0 Å². The van der Waals surface area contributed by atoms with E-state index in [0.29, 0.717) is 12.1 Å². The highest BCUT2D eigenvalue weighted by atomic mass is 19.1. The summed E-state index contributed by atoms with van der Waals surface area (Å²) < 4.78 is 14.0. The summed E-state index contributed by atoms with van der Waals surface area (Å²) in [5, 5.41) is 12.3. The van der Waals surface area contributed by atoms with Crippen LogP contribution in [0.25, 0.3) is 0 Å². The molecule has 0 amide bonds. The molecule has 0 saturated carbocycles. The lowest BCUT2D eigenvalue weighted by Crippen LogP contribution is -2.29. The van der Waals surface area contributed by atoms with E-state index in [1.807, 2.05) is 31.7 Å². The van der Waals surface area contributed by atoms with Gasteiger partial charge in [0.25, 0.3) is 0 Å². The quantitative estimate of drug-likeness (QED) is 0.784. The summed E-state index contributed by atoms with van der Waals surface area (Å²) in [6.07, 6.45) is 0. The van der Waals surface area contributed by atoms with Gasteiger partial charge in [0.05, 0.1) is 6.61 Å². The number of likely N-dealkylation sites (N-methyl/N-ethyl adjacent to an activating group) is 1. The molecular formula is C14H23FN2O. The smallest absolute Gasteiger partial charge is 0.130 e. The average molecular weight is 254 g/mol. The third kappa shape index (κ3) is 3.43. The molecule has 0 spiro atoms. The van der Waals surface area contributed by atoms with Crippen LogP contribution in [0.15, 0.2) is 18.2 Å². The number of halogens is 1. The van der Waals surface area contributed by atoms with Gasteiger partial charge in [-0.2, -0.15) is 0 Å². The first-order valence-electron chi connectivity index (χ1n) is 6.53. The van der Waals surface area contributed by atoms with Crippen molar-refractivity contribution >= 4 is 5.69 Å². The van der Waals surface area contributed by atoms with E-state index in [4.69, 9.17) is 5.11 Å². The zero-order valence-electron chi connectivity index (χ0n) is 11.4. The van der Waals surface area contributed by atoms with Crippen LogP contribution in [0, 0.1) is 5.82 Å². The maximum absolute atomic E-state index is 14.0. The minimum absolute atomic E-state index is 0.0426. The highest BCUT2D eigenvalue weighted by Gasteiger charge is 2.18. The highest BCUT2D eigenvalue weighted by Crippen LogP contribution is 2.28. The Morgan fingerprint density at radius 1 is 1.39 bits per heavy atom. The Labute approximate surface area is 109 Å². The second-order valence-corrected chi connectivity index (χ2v) is 4.26. The molecule has 1 rings (SSSR count). The van der Waals surface area contributed by atoms with Gasteiger partial charge in [-0.05, 0) is 32.5 Å². The molecule has 0 bridgehead atoms. The number of hydrogen-bond donors (Lipinski definition) is 2. The van der Waals surface area contributed by atoms with Gasteiger partial charge in [0, 0.05) is 30.4 Å². The molecule has 0 heterocycles. The van der Waals surface area contributed by atoms with E-state index < -0.39 is 0 Å².